The molecule has 1 fully saturated rings. The van der Waals surface area contributed by atoms with Crippen LogP contribution >= 0.6 is 0 Å². The smallest absolute Gasteiger partial charge is 0.247 e. The maximum atomic E-state index is 12.6. The zero-order valence-corrected chi connectivity index (χ0v) is 16.5. The zero-order valence-electron chi connectivity index (χ0n) is 16.5. The maximum absolute atomic E-state index is 12.6. The van der Waals surface area contributed by atoms with Gasteiger partial charge in [-0.2, -0.15) is 0 Å². The van der Waals surface area contributed by atoms with Gasteiger partial charge in [-0.3, -0.25) is 9.59 Å². The van der Waals surface area contributed by atoms with Crippen LogP contribution in [-0.2, 0) is 9.59 Å². The summed E-state index contributed by atoms with van der Waals surface area (Å²) in [5.74, 6) is 0.0593. The third-order valence-corrected chi connectivity index (χ3v) is 4.72. The molecule has 144 valence electrons. The Balaban J connectivity index is 1.96. The molecule has 1 aliphatic rings. The highest BCUT2D eigenvalue weighted by molar-refractivity contribution is 5.97. The second kappa shape index (κ2) is 9.60. The number of hydrogen-bond donors (Lipinski definition) is 2. The summed E-state index contributed by atoms with van der Waals surface area (Å²) in [6.07, 6.45) is 4.22. The fourth-order valence-corrected chi connectivity index (χ4v) is 3.27. The summed E-state index contributed by atoms with van der Waals surface area (Å²) in [5.41, 5.74) is 1.97. The van der Waals surface area contributed by atoms with E-state index < -0.39 is 6.04 Å². The Hall–Kier alpha value is -2.04. The monoisotopic (exact) mass is 359 g/mol. The minimum Gasteiger partial charge on any atom is -0.372 e. The molecular weight excluding hydrogens is 326 g/mol. The Labute approximate surface area is 157 Å². The lowest BCUT2D eigenvalue weighted by atomic mass is 10.0. The molecule has 26 heavy (non-hydrogen) atoms. The Morgan fingerprint density at radius 3 is 2.15 bits per heavy atom. The van der Waals surface area contributed by atoms with Crippen LogP contribution in [0, 0.1) is 11.8 Å². The second-order valence-corrected chi connectivity index (χ2v) is 7.97. The summed E-state index contributed by atoms with van der Waals surface area (Å²) in [7, 11) is 0. The van der Waals surface area contributed by atoms with Crippen LogP contribution in [0.15, 0.2) is 24.3 Å². The van der Waals surface area contributed by atoms with E-state index in [2.05, 4.69) is 27.7 Å². The first-order chi connectivity index (χ1) is 12.4. The van der Waals surface area contributed by atoms with E-state index >= 15 is 0 Å². The van der Waals surface area contributed by atoms with Gasteiger partial charge < -0.3 is 15.5 Å². The predicted octanol–water partition coefficient (Wildman–Crippen LogP) is 3.80. The van der Waals surface area contributed by atoms with Crippen molar-refractivity contribution in [1.29, 1.82) is 0 Å². The van der Waals surface area contributed by atoms with Gasteiger partial charge in [-0.1, -0.05) is 27.7 Å². The minimum absolute atomic E-state index is 0.0266. The maximum Gasteiger partial charge on any atom is 0.247 e. The largest absolute Gasteiger partial charge is 0.372 e. The topological polar surface area (TPSA) is 61.4 Å². The van der Waals surface area contributed by atoms with Crippen LogP contribution in [0.5, 0.6) is 0 Å². The van der Waals surface area contributed by atoms with Crippen LogP contribution in [0.3, 0.4) is 0 Å². The number of carbonyl (C=O) groups is 2. The number of nitrogens with zero attached hydrogens (tertiary/aromatic N) is 1. The number of piperidine rings is 1. The van der Waals surface area contributed by atoms with Crippen molar-refractivity contribution in [3.63, 3.8) is 0 Å². The van der Waals surface area contributed by atoms with Crippen molar-refractivity contribution in [2.45, 2.75) is 59.4 Å². The molecule has 0 bridgehead atoms. The van der Waals surface area contributed by atoms with Crippen molar-refractivity contribution in [2.75, 3.05) is 23.3 Å². The Bertz CT molecular complexity index is 590. The molecule has 0 saturated carbocycles. The van der Waals surface area contributed by atoms with E-state index in [1.54, 1.807) is 0 Å². The highest BCUT2D eigenvalue weighted by Crippen LogP contribution is 2.22. The fourth-order valence-electron chi connectivity index (χ4n) is 3.27. The number of rotatable bonds is 7. The molecule has 1 aromatic rings. The van der Waals surface area contributed by atoms with Crippen LogP contribution in [0.1, 0.15) is 53.4 Å². The van der Waals surface area contributed by atoms with Gasteiger partial charge in [-0.25, -0.2) is 0 Å². The number of nitrogens with one attached hydrogen (secondary N) is 2. The molecule has 1 aliphatic heterocycles. The van der Waals surface area contributed by atoms with Gasteiger partial charge in [0.05, 0.1) is 0 Å². The first-order valence-electron chi connectivity index (χ1n) is 9.82. The van der Waals surface area contributed by atoms with Gasteiger partial charge in [0.25, 0.3) is 0 Å². The van der Waals surface area contributed by atoms with E-state index in [1.807, 2.05) is 39.8 Å². The Morgan fingerprint density at radius 1 is 1.00 bits per heavy atom. The molecule has 0 aromatic heterocycles. The molecule has 5 nitrogen and oxygen atoms in total. The van der Waals surface area contributed by atoms with Crippen LogP contribution in [0.2, 0.25) is 0 Å². The molecule has 0 spiro atoms. The molecule has 2 amide bonds. The first kappa shape index (κ1) is 20.3. The number of anilines is 2. The molecular formula is C21H33N3O2. The van der Waals surface area contributed by atoms with Gasteiger partial charge in [-0.05, 0) is 55.4 Å². The number of hydrogen-bond acceptors (Lipinski definition) is 3. The van der Waals surface area contributed by atoms with E-state index in [-0.39, 0.29) is 23.7 Å². The molecule has 0 aliphatic carbocycles. The molecule has 1 heterocycles. The molecule has 0 radical (unpaired) electrons. The lowest BCUT2D eigenvalue weighted by Crippen LogP contribution is -2.47. The molecule has 1 atom stereocenters. The molecule has 5 heteroatoms. The average Bonchev–Trinajstić information content (AvgIpc) is 2.60. The lowest BCUT2D eigenvalue weighted by molar-refractivity contribution is -0.127. The summed E-state index contributed by atoms with van der Waals surface area (Å²) in [6, 6.07) is 7.47. The molecule has 1 aromatic carbocycles. The third kappa shape index (κ3) is 6.04. The van der Waals surface area contributed by atoms with Crippen LogP contribution in [0.25, 0.3) is 0 Å². The quantitative estimate of drug-likeness (QED) is 0.778. The van der Waals surface area contributed by atoms with Crippen molar-refractivity contribution in [2.24, 2.45) is 11.8 Å². The molecule has 1 saturated heterocycles. The highest BCUT2D eigenvalue weighted by Gasteiger charge is 2.24. The fraction of sp³-hybridized carbons (Fsp3) is 0.619. The van der Waals surface area contributed by atoms with Crippen LogP contribution in [-0.4, -0.2) is 30.9 Å². The van der Waals surface area contributed by atoms with Crippen molar-refractivity contribution >= 4 is 23.2 Å². The van der Waals surface area contributed by atoms with Crippen molar-refractivity contribution < 1.29 is 9.59 Å². The molecule has 2 rings (SSSR count). The SMILES string of the molecule is CC(C)CC(=O)NC(C(=O)Nc1ccc(N2CCCCC2)cc1)C(C)C. The summed E-state index contributed by atoms with van der Waals surface area (Å²) in [6.45, 7) is 10.1. The van der Waals surface area contributed by atoms with E-state index in [4.69, 9.17) is 0 Å². The van der Waals surface area contributed by atoms with E-state index in [0.29, 0.717) is 6.42 Å². The van der Waals surface area contributed by atoms with Gasteiger partial charge in [0.2, 0.25) is 11.8 Å². The number of carbonyl (C=O) groups excluding carboxylic acids is 2. The Morgan fingerprint density at radius 2 is 1.62 bits per heavy atom. The van der Waals surface area contributed by atoms with Gasteiger partial charge in [0.15, 0.2) is 0 Å². The highest BCUT2D eigenvalue weighted by atomic mass is 16.2. The van der Waals surface area contributed by atoms with Crippen LogP contribution < -0.4 is 15.5 Å². The van der Waals surface area contributed by atoms with E-state index in [1.165, 1.54) is 24.9 Å². The van der Waals surface area contributed by atoms with Crippen LogP contribution in [0.4, 0.5) is 11.4 Å². The minimum atomic E-state index is -0.525. The van der Waals surface area contributed by atoms with E-state index in [9.17, 15) is 9.59 Å². The first-order valence-corrected chi connectivity index (χ1v) is 9.82. The third-order valence-electron chi connectivity index (χ3n) is 4.72. The van der Waals surface area contributed by atoms with E-state index in [0.717, 1.165) is 18.8 Å². The van der Waals surface area contributed by atoms with Gasteiger partial charge in [0.1, 0.15) is 6.04 Å². The standard InChI is InChI=1S/C21H33N3O2/c1-15(2)14-19(25)23-20(16(3)4)21(26)22-17-8-10-18(11-9-17)24-12-6-5-7-13-24/h8-11,15-16,20H,5-7,12-14H2,1-4H3,(H,22,26)(H,23,25). The van der Waals surface area contributed by atoms with Crippen molar-refractivity contribution in [3.05, 3.63) is 24.3 Å². The molecule has 1 unspecified atom stereocenters. The number of amides is 2. The van der Waals surface area contributed by atoms with Gasteiger partial charge >= 0.3 is 0 Å². The summed E-state index contributed by atoms with van der Waals surface area (Å²) < 4.78 is 0. The summed E-state index contributed by atoms with van der Waals surface area (Å²) >= 11 is 0. The average molecular weight is 360 g/mol. The number of benzene rings is 1. The van der Waals surface area contributed by atoms with Crippen molar-refractivity contribution in [1.82, 2.24) is 5.32 Å². The summed E-state index contributed by atoms with van der Waals surface area (Å²) in [5, 5.41) is 5.81. The second-order valence-electron chi connectivity index (χ2n) is 7.97. The van der Waals surface area contributed by atoms with Gasteiger partial charge in [-0.15, -0.1) is 0 Å². The normalized spacial score (nSPS) is 15.8. The summed E-state index contributed by atoms with van der Waals surface area (Å²) in [4.78, 5) is 27.1. The van der Waals surface area contributed by atoms with Crippen molar-refractivity contribution in [3.8, 4) is 0 Å². The predicted molar refractivity (Wildman–Crippen MR) is 107 cm³/mol. The van der Waals surface area contributed by atoms with Gasteiger partial charge in [0, 0.05) is 30.9 Å². The zero-order chi connectivity index (χ0) is 19.1. The lowest BCUT2D eigenvalue weighted by Gasteiger charge is -2.29. The molecule has 2 N–H and O–H groups in total. The Kier molecular flexibility index (Phi) is 7.49.